The van der Waals surface area contributed by atoms with Crippen LogP contribution in [0, 0.1) is 36.3 Å². The first kappa shape index (κ1) is 64.6. The average Bonchev–Trinajstić information content (AvgIpc) is 1.75. The van der Waals surface area contributed by atoms with Crippen molar-refractivity contribution in [2.24, 2.45) is 0 Å². The molecular formula is C80H84F3N4OPt-3. The number of anilines is 4. The summed E-state index contributed by atoms with van der Waals surface area (Å²) in [4.78, 5) is 9.11. The molecule has 9 heteroatoms. The van der Waals surface area contributed by atoms with Crippen LogP contribution in [0.5, 0.6) is 11.5 Å². The molecular weight excluding hydrogens is 1280 g/mol. The maximum absolute atomic E-state index is 16.9. The number of halogens is 3. The third-order valence-corrected chi connectivity index (χ3v) is 17.4. The molecule has 11 rings (SSSR count). The Morgan fingerprint density at radius 1 is 0.483 bits per heavy atom. The summed E-state index contributed by atoms with van der Waals surface area (Å²) in [6, 6.07) is 53.7. The summed E-state index contributed by atoms with van der Waals surface area (Å²) in [5.74, 6) is -0.871. The number of ether oxygens (including phenoxy) is 1. The van der Waals surface area contributed by atoms with Crippen LogP contribution in [0.15, 0.2) is 146 Å². The van der Waals surface area contributed by atoms with Crippen molar-refractivity contribution in [3.05, 3.63) is 221 Å². The predicted molar refractivity (Wildman–Crippen MR) is 362 cm³/mol. The van der Waals surface area contributed by atoms with Gasteiger partial charge in [0.1, 0.15) is 23.3 Å². The third-order valence-electron chi connectivity index (χ3n) is 17.4. The van der Waals surface area contributed by atoms with Crippen molar-refractivity contribution >= 4 is 44.6 Å². The largest absolute Gasteiger partial charge is 0.509 e. The number of hydrogen-bond acceptors (Lipinski definition) is 4. The SMILES string of the molecule is CC(C)c1cc(-c2cc(C(C)(C)C)cc(-c3c(F)cc(F)cc3F)c2N2[CH-]N(c3[c-]c(Oc4[c-]c5c(cc4)c4ccccc4n5-c4cc(C(C)(C)C)ccn4)cc(-c4c(C(C)(C)C)cc(C(C)(C)C)cc4C(C)(C)C)c3)c3ccccc32)cc(C(C)C)c1.[Pt]. The molecule has 0 saturated heterocycles. The van der Waals surface area contributed by atoms with Crippen LogP contribution >= 0.6 is 0 Å². The van der Waals surface area contributed by atoms with Gasteiger partial charge >= 0.3 is 0 Å². The molecule has 0 atom stereocenters. The molecule has 8 aromatic carbocycles. The average molecular weight is 1370 g/mol. The fourth-order valence-corrected chi connectivity index (χ4v) is 12.2. The van der Waals surface area contributed by atoms with Gasteiger partial charge in [0.15, 0.2) is 0 Å². The quantitative estimate of drug-likeness (QED) is 0.128. The molecule has 464 valence electrons. The smallest absolute Gasteiger partial charge is 0.136 e. The van der Waals surface area contributed by atoms with Gasteiger partial charge in [0.2, 0.25) is 0 Å². The standard InChI is InChI=1S/C80H84F3N4O.Pt/c1-47(2)49-32-50(48(3)4)34-51(33-49)62-37-54(77(8,9)10)38-63(74-66(82)42-56(81)43-67(74)83)75(62)86-46-85(69-26-22-23-27-70(69)86)57-35-52(73-64(79(14,15)16)39-55(78(11,12)13)40-65(73)80(17,18)19)36-59(44-57)88-58-28-29-61-60-24-20-21-25-68(60)87(71(61)45-58)72-41-53(30-31-84-72)76(5,6)7;/h20-43,46-48H,1-19H3;/q-3;. The van der Waals surface area contributed by atoms with E-state index in [-0.39, 0.29) is 60.1 Å². The molecule has 0 aliphatic carbocycles. The number of hydrogen-bond donors (Lipinski definition) is 0. The van der Waals surface area contributed by atoms with Gasteiger partial charge in [-0.15, -0.1) is 53.6 Å². The Bertz CT molecular complexity index is 4280. The van der Waals surface area contributed by atoms with Crippen LogP contribution in [-0.4, -0.2) is 9.55 Å². The molecule has 2 aromatic heterocycles. The summed E-state index contributed by atoms with van der Waals surface area (Å²) < 4.78 is 58.4. The summed E-state index contributed by atoms with van der Waals surface area (Å²) in [5, 5.41) is 2.09. The molecule has 89 heavy (non-hydrogen) atoms. The molecule has 0 bridgehead atoms. The first-order valence-corrected chi connectivity index (χ1v) is 31.0. The Balaban J connectivity index is 0.00000873. The van der Waals surface area contributed by atoms with Gasteiger partial charge in [-0.05, 0) is 137 Å². The molecule has 1 aliphatic heterocycles. The Kier molecular flexibility index (Phi) is 17.0. The van der Waals surface area contributed by atoms with Crippen LogP contribution in [0.25, 0.3) is 61.0 Å². The Labute approximate surface area is 541 Å². The number of para-hydroxylation sites is 3. The number of benzene rings is 8. The second kappa shape index (κ2) is 23.4. The number of rotatable bonds is 10. The summed E-state index contributed by atoms with van der Waals surface area (Å²) in [6.45, 7) is 44.2. The normalized spacial score (nSPS) is 13.3. The monoisotopic (exact) mass is 1370 g/mol. The number of aromatic nitrogens is 2. The maximum atomic E-state index is 16.9. The van der Waals surface area contributed by atoms with Gasteiger partial charge in [0.05, 0.1) is 5.56 Å². The minimum atomic E-state index is -0.992. The van der Waals surface area contributed by atoms with Gasteiger partial charge in [-0.1, -0.05) is 198 Å². The number of nitrogens with zero attached hydrogens (tertiary/aromatic N) is 4. The minimum absolute atomic E-state index is 0. The van der Waals surface area contributed by atoms with E-state index in [9.17, 15) is 0 Å². The maximum Gasteiger partial charge on any atom is 0.136 e. The number of fused-ring (bicyclic) bond motifs is 4. The van der Waals surface area contributed by atoms with Gasteiger partial charge in [0.25, 0.3) is 0 Å². The van der Waals surface area contributed by atoms with Crippen molar-refractivity contribution in [2.45, 2.75) is 170 Å². The molecule has 0 N–H and O–H groups in total. The first-order chi connectivity index (χ1) is 41.1. The Morgan fingerprint density at radius 3 is 1.61 bits per heavy atom. The molecule has 1 aliphatic rings. The molecule has 0 radical (unpaired) electrons. The number of pyridine rings is 1. The zero-order valence-corrected chi connectivity index (χ0v) is 57.5. The summed E-state index contributed by atoms with van der Waals surface area (Å²) in [5.41, 5.74) is 14.9. The van der Waals surface area contributed by atoms with E-state index in [1.165, 1.54) is 16.7 Å². The van der Waals surface area contributed by atoms with Crippen molar-refractivity contribution < 1.29 is 39.0 Å². The molecule has 0 fully saturated rings. The second-order valence-electron chi connectivity index (χ2n) is 30.0. The molecule has 5 nitrogen and oxygen atoms in total. The van der Waals surface area contributed by atoms with E-state index in [1.54, 1.807) is 0 Å². The summed E-state index contributed by atoms with van der Waals surface area (Å²) in [6.07, 6.45) is 1.88. The zero-order chi connectivity index (χ0) is 63.5. The van der Waals surface area contributed by atoms with E-state index in [1.807, 2.05) is 43.2 Å². The van der Waals surface area contributed by atoms with E-state index in [0.717, 1.165) is 95.6 Å². The van der Waals surface area contributed by atoms with E-state index < -0.39 is 22.9 Å². The molecule has 0 spiro atoms. The predicted octanol–water partition coefficient (Wildman–Crippen LogP) is 23.1. The van der Waals surface area contributed by atoms with Crippen molar-refractivity contribution in [3.63, 3.8) is 0 Å². The van der Waals surface area contributed by atoms with Crippen LogP contribution < -0.4 is 14.5 Å². The van der Waals surface area contributed by atoms with Crippen molar-refractivity contribution in [3.8, 4) is 50.7 Å². The van der Waals surface area contributed by atoms with Gasteiger partial charge < -0.3 is 19.1 Å². The van der Waals surface area contributed by atoms with Gasteiger partial charge in [-0.25, -0.2) is 18.2 Å². The molecule has 3 heterocycles. The fourth-order valence-electron chi connectivity index (χ4n) is 12.2. The van der Waals surface area contributed by atoms with Gasteiger partial charge in [-0.3, -0.25) is 0 Å². The topological polar surface area (TPSA) is 33.5 Å². The summed E-state index contributed by atoms with van der Waals surface area (Å²) >= 11 is 0. The Hall–Kier alpha value is -7.41. The first-order valence-electron chi connectivity index (χ1n) is 31.0. The fraction of sp³-hybridized carbons (Fsp3) is 0.325. The minimum Gasteiger partial charge on any atom is -0.509 e. The molecule has 0 amide bonds. The van der Waals surface area contributed by atoms with Crippen LogP contribution in [0.2, 0.25) is 0 Å². The van der Waals surface area contributed by atoms with Gasteiger partial charge in [-0.2, -0.15) is 6.07 Å². The van der Waals surface area contributed by atoms with Gasteiger partial charge in [0, 0.05) is 84.6 Å². The van der Waals surface area contributed by atoms with Crippen LogP contribution in [0.4, 0.5) is 35.9 Å². The third kappa shape index (κ3) is 12.5. The molecule has 0 unspecified atom stereocenters. The zero-order valence-electron chi connectivity index (χ0n) is 55.2. The Morgan fingerprint density at radius 2 is 1.03 bits per heavy atom. The van der Waals surface area contributed by atoms with Crippen molar-refractivity contribution in [1.82, 2.24) is 9.55 Å². The van der Waals surface area contributed by atoms with Crippen molar-refractivity contribution in [1.29, 1.82) is 0 Å². The van der Waals surface area contributed by atoms with Crippen LogP contribution in [0.1, 0.15) is 182 Å². The molecule has 10 aromatic rings. The van der Waals surface area contributed by atoms with E-state index in [0.29, 0.717) is 28.4 Å². The second-order valence-corrected chi connectivity index (χ2v) is 30.0. The van der Waals surface area contributed by atoms with Crippen molar-refractivity contribution in [2.75, 3.05) is 9.80 Å². The molecule has 0 saturated carbocycles. The van der Waals surface area contributed by atoms with E-state index >= 15 is 13.2 Å². The van der Waals surface area contributed by atoms with Crippen LogP contribution in [-0.2, 0) is 48.1 Å². The van der Waals surface area contributed by atoms with Crippen LogP contribution in [0.3, 0.4) is 0 Å². The van der Waals surface area contributed by atoms with E-state index in [4.69, 9.17) is 9.72 Å². The summed E-state index contributed by atoms with van der Waals surface area (Å²) in [7, 11) is 0. The van der Waals surface area contributed by atoms with E-state index in [2.05, 4.69) is 255 Å².